The molecule has 2 aromatic rings. The molecule has 1 fully saturated rings. The summed E-state index contributed by atoms with van der Waals surface area (Å²) in [7, 11) is 1.62. The Hall–Kier alpha value is -2.83. The van der Waals surface area contributed by atoms with Crippen LogP contribution in [0.5, 0.6) is 11.5 Å². The third-order valence-electron chi connectivity index (χ3n) is 5.36. The summed E-state index contributed by atoms with van der Waals surface area (Å²) in [6, 6.07) is 16.2. The molecule has 0 spiro atoms. The summed E-state index contributed by atoms with van der Waals surface area (Å²) in [5.41, 5.74) is 2.26. The van der Waals surface area contributed by atoms with Gasteiger partial charge in [0, 0.05) is 51.9 Å². The second-order valence-electron chi connectivity index (χ2n) is 7.57. The lowest BCUT2D eigenvalue weighted by Gasteiger charge is -2.34. The molecule has 3 rings (SSSR count). The number of hydrogen-bond donors (Lipinski definition) is 1. The van der Waals surface area contributed by atoms with E-state index in [4.69, 9.17) is 9.47 Å². The minimum absolute atomic E-state index is 0.0866. The summed E-state index contributed by atoms with van der Waals surface area (Å²) >= 11 is 0. The molecule has 166 valence electrons. The Kier molecular flexibility index (Phi) is 8.94. The Labute approximate surface area is 185 Å². The number of piperazine rings is 1. The maximum absolute atomic E-state index is 12.2. The highest BCUT2D eigenvalue weighted by molar-refractivity contribution is 5.91. The smallest absolute Gasteiger partial charge is 0.244 e. The van der Waals surface area contributed by atoms with Gasteiger partial charge in [0.05, 0.1) is 13.7 Å². The molecule has 1 saturated heterocycles. The molecule has 0 aromatic heterocycles. The van der Waals surface area contributed by atoms with Crippen molar-refractivity contribution in [3.8, 4) is 11.5 Å². The van der Waals surface area contributed by atoms with E-state index in [1.165, 1.54) is 5.56 Å². The first-order chi connectivity index (χ1) is 15.2. The number of nitrogens with one attached hydrogen (secondary N) is 1. The third-order valence-corrected chi connectivity index (χ3v) is 5.36. The van der Waals surface area contributed by atoms with Gasteiger partial charge in [-0.3, -0.25) is 14.6 Å². The van der Waals surface area contributed by atoms with Crippen LogP contribution >= 0.6 is 0 Å². The quantitative estimate of drug-likeness (QED) is 0.596. The van der Waals surface area contributed by atoms with Gasteiger partial charge in [-0.2, -0.15) is 0 Å². The van der Waals surface area contributed by atoms with E-state index >= 15 is 0 Å². The predicted molar refractivity (Wildman–Crippen MR) is 124 cm³/mol. The van der Waals surface area contributed by atoms with E-state index < -0.39 is 0 Å². The number of rotatable bonds is 10. The van der Waals surface area contributed by atoms with E-state index in [-0.39, 0.29) is 5.91 Å². The lowest BCUT2D eigenvalue weighted by atomic mass is 10.2. The van der Waals surface area contributed by atoms with Gasteiger partial charge in [0.25, 0.3) is 0 Å². The van der Waals surface area contributed by atoms with Gasteiger partial charge in [-0.1, -0.05) is 36.4 Å². The van der Waals surface area contributed by atoms with Gasteiger partial charge in [-0.05, 0) is 36.3 Å². The minimum Gasteiger partial charge on any atom is -0.493 e. The fraction of sp³-hybridized carbons (Fsp3) is 0.400. The first-order valence-corrected chi connectivity index (χ1v) is 10.9. The van der Waals surface area contributed by atoms with Crippen LogP contribution < -0.4 is 14.8 Å². The zero-order chi connectivity index (χ0) is 21.9. The molecule has 6 nitrogen and oxygen atoms in total. The molecular weight excluding hydrogens is 390 g/mol. The molecule has 0 bridgehead atoms. The number of carbonyl (C=O) groups is 1. The van der Waals surface area contributed by atoms with Gasteiger partial charge in [-0.25, -0.2) is 0 Å². The first kappa shape index (κ1) is 22.8. The van der Waals surface area contributed by atoms with Gasteiger partial charge < -0.3 is 14.8 Å². The molecular formula is C25H33N3O3. The maximum Gasteiger partial charge on any atom is 0.244 e. The molecule has 1 N–H and O–H groups in total. The Morgan fingerprint density at radius 3 is 2.48 bits per heavy atom. The molecule has 6 heteroatoms. The van der Waals surface area contributed by atoms with Gasteiger partial charge in [0.2, 0.25) is 5.91 Å². The number of hydrogen-bond acceptors (Lipinski definition) is 5. The predicted octanol–water partition coefficient (Wildman–Crippen LogP) is 3.04. The average Bonchev–Trinajstić information content (AvgIpc) is 2.80. The van der Waals surface area contributed by atoms with E-state index in [1.807, 2.05) is 25.1 Å². The molecule has 0 saturated carbocycles. The summed E-state index contributed by atoms with van der Waals surface area (Å²) in [5, 5.41) is 2.98. The minimum atomic E-state index is -0.0866. The summed E-state index contributed by atoms with van der Waals surface area (Å²) in [5.74, 6) is 1.28. The first-order valence-electron chi connectivity index (χ1n) is 10.9. The number of methoxy groups -OCH3 is 1. The van der Waals surface area contributed by atoms with Crippen LogP contribution in [0.1, 0.15) is 18.1 Å². The molecule has 0 aliphatic carbocycles. The van der Waals surface area contributed by atoms with Crippen molar-refractivity contribution in [1.82, 2.24) is 15.1 Å². The van der Waals surface area contributed by atoms with E-state index in [0.717, 1.165) is 44.8 Å². The van der Waals surface area contributed by atoms with Crippen molar-refractivity contribution < 1.29 is 14.3 Å². The number of nitrogens with zero attached hydrogens (tertiary/aromatic N) is 2. The highest BCUT2D eigenvalue weighted by atomic mass is 16.5. The highest BCUT2D eigenvalue weighted by Gasteiger charge is 2.16. The maximum atomic E-state index is 12.2. The Balaban J connectivity index is 1.36. The average molecular weight is 424 g/mol. The van der Waals surface area contributed by atoms with Crippen LogP contribution in [0.15, 0.2) is 54.6 Å². The fourth-order valence-electron chi connectivity index (χ4n) is 3.65. The molecule has 1 heterocycles. The molecule has 31 heavy (non-hydrogen) atoms. The van der Waals surface area contributed by atoms with E-state index in [1.54, 1.807) is 19.3 Å². The van der Waals surface area contributed by atoms with Crippen molar-refractivity contribution in [3.05, 3.63) is 65.7 Å². The largest absolute Gasteiger partial charge is 0.493 e. The van der Waals surface area contributed by atoms with Crippen LogP contribution in [0.3, 0.4) is 0 Å². The van der Waals surface area contributed by atoms with Gasteiger partial charge >= 0.3 is 0 Å². The van der Waals surface area contributed by atoms with Crippen LogP contribution in [0.2, 0.25) is 0 Å². The topological polar surface area (TPSA) is 54.0 Å². The second kappa shape index (κ2) is 12.1. The van der Waals surface area contributed by atoms with Crippen LogP contribution in [0.25, 0.3) is 6.08 Å². The van der Waals surface area contributed by atoms with Gasteiger partial charge in [-0.15, -0.1) is 0 Å². The Bertz CT molecular complexity index is 846. The second-order valence-corrected chi connectivity index (χ2v) is 7.57. The lowest BCUT2D eigenvalue weighted by Crippen LogP contribution is -2.47. The molecule has 0 radical (unpaired) electrons. The lowest BCUT2D eigenvalue weighted by molar-refractivity contribution is -0.116. The zero-order valence-electron chi connectivity index (χ0n) is 18.5. The number of amides is 1. The van der Waals surface area contributed by atoms with Crippen LogP contribution in [0.4, 0.5) is 0 Å². The Morgan fingerprint density at radius 2 is 1.77 bits per heavy atom. The van der Waals surface area contributed by atoms with Crippen molar-refractivity contribution in [2.45, 2.75) is 13.5 Å². The van der Waals surface area contributed by atoms with Crippen LogP contribution in [0, 0.1) is 0 Å². The molecule has 2 aromatic carbocycles. The van der Waals surface area contributed by atoms with Gasteiger partial charge in [0.1, 0.15) is 0 Å². The van der Waals surface area contributed by atoms with E-state index in [2.05, 4.69) is 45.4 Å². The number of benzene rings is 2. The van der Waals surface area contributed by atoms with Gasteiger partial charge in [0.15, 0.2) is 11.5 Å². The zero-order valence-corrected chi connectivity index (χ0v) is 18.5. The molecule has 0 atom stereocenters. The number of carbonyl (C=O) groups excluding carboxylic acids is 1. The fourth-order valence-corrected chi connectivity index (χ4v) is 3.65. The SMILES string of the molecule is CCOc1cc(/C=C/C(=O)NCCN2CCN(Cc3ccccc3)CC2)ccc1OC. The normalized spacial score (nSPS) is 15.2. The molecule has 0 unspecified atom stereocenters. The van der Waals surface area contributed by atoms with Crippen LogP contribution in [-0.4, -0.2) is 68.7 Å². The number of ether oxygens (including phenoxy) is 2. The summed E-state index contributed by atoms with van der Waals surface area (Å²) < 4.78 is 10.9. The van der Waals surface area contributed by atoms with Crippen molar-refractivity contribution in [2.24, 2.45) is 0 Å². The summed E-state index contributed by atoms with van der Waals surface area (Å²) in [4.78, 5) is 17.1. The standard InChI is InChI=1S/C25H33N3O3/c1-3-31-24-19-21(9-11-23(24)30-2)10-12-25(29)26-13-14-27-15-17-28(18-16-27)20-22-7-5-4-6-8-22/h4-12,19H,3,13-18,20H2,1-2H3,(H,26,29)/b12-10+. The molecule has 1 aliphatic rings. The molecule has 1 amide bonds. The van der Waals surface area contributed by atoms with Crippen LogP contribution in [-0.2, 0) is 11.3 Å². The van der Waals surface area contributed by atoms with E-state index in [9.17, 15) is 4.79 Å². The Morgan fingerprint density at radius 1 is 1.03 bits per heavy atom. The van der Waals surface area contributed by atoms with Crippen molar-refractivity contribution in [2.75, 3.05) is 53.0 Å². The summed E-state index contributed by atoms with van der Waals surface area (Å²) in [6.45, 7) is 9.19. The van der Waals surface area contributed by atoms with Crippen molar-refractivity contribution >= 4 is 12.0 Å². The highest BCUT2D eigenvalue weighted by Crippen LogP contribution is 2.28. The monoisotopic (exact) mass is 423 g/mol. The molecule has 1 aliphatic heterocycles. The van der Waals surface area contributed by atoms with E-state index in [0.29, 0.717) is 24.7 Å². The summed E-state index contributed by atoms with van der Waals surface area (Å²) in [6.07, 6.45) is 3.36. The van der Waals surface area contributed by atoms with Crippen molar-refractivity contribution in [3.63, 3.8) is 0 Å². The van der Waals surface area contributed by atoms with Crippen molar-refractivity contribution in [1.29, 1.82) is 0 Å². The third kappa shape index (κ3) is 7.42.